The van der Waals surface area contributed by atoms with Gasteiger partial charge in [0.15, 0.2) is 21.5 Å². The second-order valence-corrected chi connectivity index (χ2v) is 18.1. The van der Waals surface area contributed by atoms with Crippen LogP contribution in [0.3, 0.4) is 0 Å². The highest BCUT2D eigenvalue weighted by Gasteiger charge is 2.38. The first-order valence-electron chi connectivity index (χ1n) is 17.3. The topological polar surface area (TPSA) is 135 Å². The van der Waals surface area contributed by atoms with E-state index < -0.39 is 37.7 Å². The van der Waals surface area contributed by atoms with Crippen LogP contribution in [-0.2, 0) is 33.0 Å². The molecule has 5 heterocycles. The van der Waals surface area contributed by atoms with Crippen LogP contribution in [0.25, 0.3) is 22.0 Å². The quantitative estimate of drug-likeness (QED) is 0.201. The summed E-state index contributed by atoms with van der Waals surface area (Å²) in [5.74, 6) is -2.73. The molecule has 1 amide bonds. The Kier molecular flexibility index (Phi) is 9.38. The number of pyridine rings is 2. The average molecular weight is 738 g/mol. The third-order valence-electron chi connectivity index (χ3n) is 10.00. The molecule has 2 unspecified atom stereocenters. The highest BCUT2D eigenvalue weighted by molar-refractivity contribution is 7.90. The molecular weight excluding hydrogens is 693 g/mol. The number of carbonyl (C=O) groups is 2. The van der Waals surface area contributed by atoms with Crippen molar-refractivity contribution in [2.45, 2.75) is 78.2 Å². The predicted octanol–water partition coefficient (Wildman–Crippen LogP) is 6.57. The van der Waals surface area contributed by atoms with E-state index >= 15 is 4.39 Å². The lowest BCUT2D eigenvalue weighted by molar-refractivity contribution is -0.166. The Hall–Kier alpha value is -4.59. The minimum absolute atomic E-state index is 0.0133. The number of sulfone groups is 1. The molecule has 3 aromatic heterocycles. The van der Waals surface area contributed by atoms with Crippen LogP contribution in [-0.4, -0.2) is 64.7 Å². The number of esters is 1. The van der Waals surface area contributed by atoms with Crippen molar-refractivity contribution in [3.63, 3.8) is 0 Å². The summed E-state index contributed by atoms with van der Waals surface area (Å²) in [7, 11) is -2.14. The van der Waals surface area contributed by atoms with Crippen LogP contribution in [0.1, 0.15) is 87.5 Å². The molecule has 1 aromatic carbocycles. The van der Waals surface area contributed by atoms with Crippen molar-refractivity contribution >= 4 is 44.1 Å². The number of carbonyl (C=O) groups excluding carboxylic acids is 2. The first-order chi connectivity index (χ1) is 24.2. The molecule has 11 nitrogen and oxygen atoms in total. The molecule has 1 N–H and O–H groups in total. The van der Waals surface area contributed by atoms with E-state index in [1.807, 2.05) is 41.5 Å². The normalized spacial score (nSPS) is 17.0. The number of nitrogens with zero attached hydrogens (tertiary/aromatic N) is 4. The second kappa shape index (κ2) is 13.1. The van der Waals surface area contributed by atoms with E-state index in [1.165, 1.54) is 9.47 Å². The first-order valence-corrected chi connectivity index (χ1v) is 19.3. The number of nitrogens with one attached hydrogen (secondary N) is 1. The van der Waals surface area contributed by atoms with Gasteiger partial charge in [0.2, 0.25) is 0 Å². The zero-order valence-electron chi connectivity index (χ0n) is 30.8. The molecule has 2 atom stereocenters. The van der Waals surface area contributed by atoms with Crippen LogP contribution in [0.15, 0.2) is 41.6 Å². The highest BCUT2D eigenvalue weighted by Crippen LogP contribution is 2.47. The van der Waals surface area contributed by atoms with Gasteiger partial charge in [0, 0.05) is 66.9 Å². The summed E-state index contributed by atoms with van der Waals surface area (Å²) >= 11 is 0. The van der Waals surface area contributed by atoms with Gasteiger partial charge < -0.3 is 24.1 Å². The monoisotopic (exact) mass is 737 g/mol. The Morgan fingerprint density at radius 3 is 2.46 bits per heavy atom. The number of hydrogen-bond donors (Lipinski definition) is 1. The average Bonchev–Trinajstić information content (AvgIpc) is 3.34. The van der Waals surface area contributed by atoms with E-state index in [1.54, 1.807) is 36.5 Å². The highest BCUT2D eigenvalue weighted by atomic mass is 32.2. The van der Waals surface area contributed by atoms with Crippen LogP contribution in [0.5, 0.6) is 0 Å². The molecule has 2 aliphatic rings. The van der Waals surface area contributed by atoms with Gasteiger partial charge in [-0.1, -0.05) is 6.92 Å². The molecule has 0 radical (unpaired) electrons. The van der Waals surface area contributed by atoms with Gasteiger partial charge in [-0.05, 0) is 83.1 Å². The lowest BCUT2D eigenvalue weighted by Crippen LogP contribution is -2.36. The maximum Gasteiger partial charge on any atom is 0.312 e. The smallest absolute Gasteiger partial charge is 0.312 e. The molecule has 52 heavy (non-hydrogen) atoms. The summed E-state index contributed by atoms with van der Waals surface area (Å²) in [5.41, 5.74) is 1.14. The fourth-order valence-corrected chi connectivity index (χ4v) is 8.41. The number of aryl methyl sites for hydroxylation is 1. The van der Waals surface area contributed by atoms with E-state index in [9.17, 15) is 27.2 Å². The largest absolute Gasteiger partial charge is 0.460 e. The Bertz CT molecular complexity index is 2270. The fourth-order valence-electron chi connectivity index (χ4n) is 7.22. The standard InChI is InChI=1S/C38H45F2N5O6S/c1-21(9-11-38(5,6)36(48)51-37(2,3)4)18-44-12-10-30(52(8,49)50)25-14-24-27-20-43(7)35(47)32-31(27)22(16-41-32)19-45(29(24)15-26(25)34(44)46)33-28(40)13-23(39)17-42-33/h13-17,20-21,30,41H,9-12,18-19H2,1-8H3. The van der Waals surface area contributed by atoms with Crippen molar-refractivity contribution in [3.8, 4) is 11.1 Å². The first kappa shape index (κ1) is 37.2. The molecule has 0 aliphatic carbocycles. The second-order valence-electron chi connectivity index (χ2n) is 15.9. The van der Waals surface area contributed by atoms with Crippen molar-refractivity contribution in [2.24, 2.45) is 18.4 Å². The van der Waals surface area contributed by atoms with Crippen LogP contribution in [0.4, 0.5) is 20.3 Å². The molecule has 14 heteroatoms. The summed E-state index contributed by atoms with van der Waals surface area (Å²) < 4.78 is 63.5. The number of H-pyrrole nitrogens is 1. The molecule has 278 valence electrons. The molecule has 2 aliphatic heterocycles. The summed E-state index contributed by atoms with van der Waals surface area (Å²) in [5, 5.41) is -0.454. The van der Waals surface area contributed by atoms with Crippen LogP contribution < -0.4 is 10.5 Å². The summed E-state index contributed by atoms with van der Waals surface area (Å²) in [6.07, 6.45) is 6.61. The van der Waals surface area contributed by atoms with Gasteiger partial charge in [-0.25, -0.2) is 22.2 Å². The van der Waals surface area contributed by atoms with Gasteiger partial charge in [0.25, 0.3) is 11.5 Å². The van der Waals surface area contributed by atoms with Gasteiger partial charge in [0.05, 0.1) is 29.1 Å². The minimum Gasteiger partial charge on any atom is -0.460 e. The van der Waals surface area contributed by atoms with E-state index in [4.69, 9.17) is 4.74 Å². The van der Waals surface area contributed by atoms with Gasteiger partial charge in [0.1, 0.15) is 16.9 Å². The Balaban J connectivity index is 1.46. The molecular formula is C38H45F2N5O6S. The molecule has 4 aromatic rings. The molecule has 0 bridgehead atoms. The summed E-state index contributed by atoms with van der Waals surface area (Å²) in [6.45, 7) is 11.6. The van der Waals surface area contributed by atoms with Crippen LogP contribution >= 0.6 is 0 Å². The number of amides is 1. The van der Waals surface area contributed by atoms with Crippen LogP contribution in [0, 0.1) is 23.0 Å². The third kappa shape index (κ3) is 6.96. The number of aromatic nitrogens is 3. The van der Waals surface area contributed by atoms with E-state index in [2.05, 4.69) is 9.97 Å². The van der Waals surface area contributed by atoms with Crippen LogP contribution in [0.2, 0.25) is 0 Å². The fraction of sp³-hybridized carbons (Fsp3) is 0.474. The molecule has 0 spiro atoms. The maximum absolute atomic E-state index is 15.5. The number of anilines is 2. The summed E-state index contributed by atoms with van der Waals surface area (Å²) in [4.78, 5) is 50.9. The van der Waals surface area contributed by atoms with Gasteiger partial charge in [-0.2, -0.15) is 0 Å². The Morgan fingerprint density at radius 2 is 1.81 bits per heavy atom. The molecule has 0 saturated carbocycles. The molecule has 0 saturated heterocycles. The Morgan fingerprint density at radius 1 is 1.10 bits per heavy atom. The molecule has 6 rings (SSSR count). The number of rotatable bonds is 8. The zero-order chi connectivity index (χ0) is 38.1. The number of halogens is 2. The Labute approximate surface area is 301 Å². The van der Waals surface area contributed by atoms with Crippen molar-refractivity contribution in [3.05, 3.63) is 75.5 Å². The van der Waals surface area contributed by atoms with Crippen molar-refractivity contribution in [2.75, 3.05) is 24.2 Å². The third-order valence-corrected chi connectivity index (χ3v) is 11.5. The van der Waals surface area contributed by atoms with E-state index in [-0.39, 0.29) is 54.2 Å². The van der Waals surface area contributed by atoms with Crippen molar-refractivity contribution in [1.82, 2.24) is 19.4 Å². The van der Waals surface area contributed by atoms with Gasteiger partial charge in [-0.15, -0.1) is 0 Å². The minimum atomic E-state index is -3.74. The zero-order valence-corrected chi connectivity index (χ0v) is 31.6. The lowest BCUT2D eigenvalue weighted by atomic mass is 9.84. The van der Waals surface area contributed by atoms with Crippen molar-refractivity contribution in [1.29, 1.82) is 0 Å². The number of benzene rings is 1. The number of hydrogen-bond acceptors (Lipinski definition) is 8. The van der Waals surface area contributed by atoms with Gasteiger partial charge >= 0.3 is 5.97 Å². The lowest BCUT2D eigenvalue weighted by Gasteiger charge is -2.30. The number of fused-ring (bicyclic) bond motifs is 3. The SMILES string of the molecule is CC(CCC(C)(C)C(=O)OC(C)(C)C)CN1CCC(S(C)(=O)=O)c2cc3c(cc2C1=O)N(c1ncc(F)cc1F)Cc1c[nH]c2c(=O)n(C)cc-3c12. The van der Waals surface area contributed by atoms with E-state index in [0.29, 0.717) is 58.2 Å². The molecule has 0 fully saturated rings. The van der Waals surface area contributed by atoms with Crippen molar-refractivity contribution < 1.29 is 31.5 Å². The van der Waals surface area contributed by atoms with Gasteiger partial charge in [-0.3, -0.25) is 14.4 Å². The van der Waals surface area contributed by atoms with E-state index in [0.717, 1.165) is 18.5 Å². The number of aromatic amines is 1. The maximum atomic E-state index is 15.5. The number of ether oxygens (including phenoxy) is 1. The predicted molar refractivity (Wildman–Crippen MR) is 195 cm³/mol. The summed E-state index contributed by atoms with van der Waals surface area (Å²) in [6, 6.07) is 3.97.